The minimum Gasteiger partial charge on any atom is -0.349 e. The Hall–Kier alpha value is -1.35. The topological polar surface area (TPSA) is 55.1 Å². The van der Waals surface area contributed by atoms with Crippen LogP contribution in [0.15, 0.2) is 24.3 Å². The molecule has 2 unspecified atom stereocenters. The van der Waals surface area contributed by atoms with Crippen molar-refractivity contribution in [2.75, 3.05) is 0 Å². The molecule has 0 spiro atoms. The monoisotopic (exact) mass is 190 g/mol. The number of fused-ring (bicyclic) bond motifs is 1. The van der Waals surface area contributed by atoms with Gasteiger partial charge in [-0.2, -0.15) is 0 Å². The Labute approximate surface area is 83.3 Å². The van der Waals surface area contributed by atoms with E-state index < -0.39 is 0 Å². The SMILES string of the molecule is CC(=O)NC1CC(N)c2ccccc21. The van der Waals surface area contributed by atoms with Gasteiger partial charge in [-0.25, -0.2) is 0 Å². The lowest BCUT2D eigenvalue weighted by Gasteiger charge is -2.11. The maximum Gasteiger partial charge on any atom is 0.217 e. The van der Waals surface area contributed by atoms with Crippen molar-refractivity contribution in [2.45, 2.75) is 25.4 Å². The molecule has 3 nitrogen and oxygen atoms in total. The molecule has 0 aromatic heterocycles. The highest BCUT2D eigenvalue weighted by atomic mass is 16.1. The van der Waals surface area contributed by atoms with Gasteiger partial charge in [0, 0.05) is 13.0 Å². The van der Waals surface area contributed by atoms with E-state index in [9.17, 15) is 4.79 Å². The summed E-state index contributed by atoms with van der Waals surface area (Å²) in [6, 6.07) is 8.17. The third-order valence-electron chi connectivity index (χ3n) is 2.64. The first-order chi connectivity index (χ1) is 6.68. The zero-order chi connectivity index (χ0) is 10.1. The lowest BCUT2D eigenvalue weighted by Crippen LogP contribution is -2.24. The van der Waals surface area contributed by atoms with Crippen LogP contribution in [0, 0.1) is 0 Å². The molecule has 3 N–H and O–H groups in total. The average molecular weight is 190 g/mol. The minimum absolute atomic E-state index is 0.00102. The van der Waals surface area contributed by atoms with Gasteiger partial charge in [0.2, 0.25) is 5.91 Å². The second kappa shape index (κ2) is 3.42. The standard InChI is InChI=1S/C11H14N2O/c1-7(14)13-11-6-10(12)8-4-2-3-5-9(8)11/h2-5,10-11H,6,12H2,1H3,(H,13,14). The number of carbonyl (C=O) groups excluding carboxylic acids is 1. The van der Waals surface area contributed by atoms with Gasteiger partial charge in [-0.1, -0.05) is 24.3 Å². The highest BCUT2D eigenvalue weighted by Gasteiger charge is 2.28. The third-order valence-corrected chi connectivity index (χ3v) is 2.64. The van der Waals surface area contributed by atoms with Crippen molar-refractivity contribution in [3.63, 3.8) is 0 Å². The average Bonchev–Trinajstić information content (AvgIpc) is 2.44. The minimum atomic E-state index is -0.00102. The van der Waals surface area contributed by atoms with Crippen LogP contribution in [0.4, 0.5) is 0 Å². The summed E-state index contributed by atoms with van der Waals surface area (Å²) in [5.74, 6) is -0.00102. The molecule has 2 atom stereocenters. The van der Waals surface area contributed by atoms with Gasteiger partial charge in [0.1, 0.15) is 0 Å². The molecule has 0 radical (unpaired) electrons. The third kappa shape index (κ3) is 1.51. The lowest BCUT2D eigenvalue weighted by atomic mass is 10.1. The van der Waals surface area contributed by atoms with Crippen LogP contribution in [0.3, 0.4) is 0 Å². The summed E-state index contributed by atoms with van der Waals surface area (Å²) in [6.45, 7) is 1.53. The Bertz CT molecular complexity index is 362. The molecule has 0 aliphatic heterocycles. The Kier molecular flexibility index (Phi) is 2.25. The van der Waals surface area contributed by atoms with E-state index in [2.05, 4.69) is 5.32 Å². The Balaban J connectivity index is 2.29. The van der Waals surface area contributed by atoms with Crippen LogP contribution < -0.4 is 11.1 Å². The predicted octanol–water partition coefficient (Wildman–Crippen LogP) is 1.27. The molecule has 1 aliphatic rings. The Morgan fingerprint density at radius 1 is 1.43 bits per heavy atom. The summed E-state index contributed by atoms with van der Waals surface area (Å²) in [4.78, 5) is 11.0. The van der Waals surface area contributed by atoms with E-state index in [0.717, 1.165) is 17.5 Å². The van der Waals surface area contributed by atoms with Crippen molar-refractivity contribution >= 4 is 5.91 Å². The molecule has 0 heterocycles. The fourth-order valence-corrected chi connectivity index (χ4v) is 2.06. The van der Waals surface area contributed by atoms with Gasteiger partial charge in [0.15, 0.2) is 0 Å². The largest absolute Gasteiger partial charge is 0.349 e. The van der Waals surface area contributed by atoms with E-state index in [1.54, 1.807) is 0 Å². The van der Waals surface area contributed by atoms with Crippen molar-refractivity contribution in [3.8, 4) is 0 Å². The number of hydrogen-bond acceptors (Lipinski definition) is 2. The van der Waals surface area contributed by atoms with Gasteiger partial charge in [0.05, 0.1) is 6.04 Å². The first kappa shape index (κ1) is 9.21. The number of benzene rings is 1. The molecule has 1 amide bonds. The number of nitrogens with two attached hydrogens (primary N) is 1. The summed E-state index contributed by atoms with van der Waals surface area (Å²) in [7, 11) is 0. The lowest BCUT2D eigenvalue weighted by molar-refractivity contribution is -0.119. The Morgan fingerprint density at radius 2 is 2.07 bits per heavy atom. The predicted molar refractivity (Wildman–Crippen MR) is 54.5 cm³/mol. The molecular formula is C11H14N2O. The first-order valence-corrected chi connectivity index (χ1v) is 4.80. The molecule has 0 bridgehead atoms. The van der Waals surface area contributed by atoms with Crippen LogP contribution in [0.2, 0.25) is 0 Å². The number of nitrogens with one attached hydrogen (secondary N) is 1. The number of carbonyl (C=O) groups is 1. The summed E-state index contributed by atoms with van der Waals surface area (Å²) < 4.78 is 0. The van der Waals surface area contributed by atoms with Crippen LogP contribution >= 0.6 is 0 Å². The van der Waals surface area contributed by atoms with Crippen molar-refractivity contribution in [2.24, 2.45) is 5.73 Å². The van der Waals surface area contributed by atoms with Gasteiger partial charge in [0.25, 0.3) is 0 Å². The zero-order valence-corrected chi connectivity index (χ0v) is 8.16. The molecule has 1 aromatic rings. The highest BCUT2D eigenvalue weighted by Crippen LogP contribution is 2.36. The number of rotatable bonds is 1. The van der Waals surface area contributed by atoms with Crippen LogP contribution in [0.25, 0.3) is 0 Å². The molecule has 74 valence electrons. The summed E-state index contributed by atoms with van der Waals surface area (Å²) in [5.41, 5.74) is 8.28. The van der Waals surface area contributed by atoms with Crippen molar-refractivity contribution in [3.05, 3.63) is 35.4 Å². The van der Waals surface area contributed by atoms with E-state index in [0.29, 0.717) is 0 Å². The normalized spacial score (nSPS) is 24.4. The van der Waals surface area contributed by atoms with Gasteiger partial charge in [-0.15, -0.1) is 0 Å². The molecular weight excluding hydrogens is 176 g/mol. The molecule has 3 heteroatoms. The van der Waals surface area contributed by atoms with E-state index in [4.69, 9.17) is 5.73 Å². The van der Waals surface area contributed by atoms with Crippen molar-refractivity contribution in [1.82, 2.24) is 5.32 Å². The number of amides is 1. The summed E-state index contributed by atoms with van der Waals surface area (Å²) in [6.07, 6.45) is 0.804. The van der Waals surface area contributed by atoms with Crippen molar-refractivity contribution in [1.29, 1.82) is 0 Å². The number of hydrogen-bond donors (Lipinski definition) is 2. The molecule has 14 heavy (non-hydrogen) atoms. The van der Waals surface area contributed by atoms with Gasteiger partial charge >= 0.3 is 0 Å². The first-order valence-electron chi connectivity index (χ1n) is 4.80. The van der Waals surface area contributed by atoms with Gasteiger partial charge in [-0.05, 0) is 17.5 Å². The van der Waals surface area contributed by atoms with Crippen molar-refractivity contribution < 1.29 is 4.79 Å². The maximum absolute atomic E-state index is 11.0. The molecule has 1 aliphatic carbocycles. The van der Waals surface area contributed by atoms with Gasteiger partial charge < -0.3 is 11.1 Å². The smallest absolute Gasteiger partial charge is 0.217 e. The maximum atomic E-state index is 11.0. The fourth-order valence-electron chi connectivity index (χ4n) is 2.06. The summed E-state index contributed by atoms with van der Waals surface area (Å²) in [5, 5.41) is 2.91. The summed E-state index contributed by atoms with van der Waals surface area (Å²) >= 11 is 0. The van der Waals surface area contributed by atoms with Crippen LogP contribution in [0.5, 0.6) is 0 Å². The zero-order valence-electron chi connectivity index (χ0n) is 8.16. The second-order valence-corrected chi connectivity index (χ2v) is 3.72. The van der Waals surface area contributed by atoms with E-state index in [-0.39, 0.29) is 18.0 Å². The molecule has 2 rings (SSSR count). The van der Waals surface area contributed by atoms with Gasteiger partial charge in [-0.3, -0.25) is 4.79 Å². The molecule has 0 saturated carbocycles. The van der Waals surface area contributed by atoms with Crippen LogP contribution in [-0.4, -0.2) is 5.91 Å². The Morgan fingerprint density at radius 3 is 2.71 bits per heavy atom. The van der Waals surface area contributed by atoms with E-state index in [1.807, 2.05) is 24.3 Å². The molecule has 1 aromatic carbocycles. The van der Waals surface area contributed by atoms with Crippen LogP contribution in [0.1, 0.15) is 36.6 Å². The molecule has 0 saturated heterocycles. The van der Waals surface area contributed by atoms with E-state index >= 15 is 0 Å². The quantitative estimate of drug-likeness (QED) is 0.700. The fraction of sp³-hybridized carbons (Fsp3) is 0.364. The van der Waals surface area contributed by atoms with Crippen LogP contribution in [-0.2, 0) is 4.79 Å². The second-order valence-electron chi connectivity index (χ2n) is 3.72. The van der Waals surface area contributed by atoms with E-state index in [1.165, 1.54) is 6.92 Å². The highest BCUT2D eigenvalue weighted by molar-refractivity contribution is 5.73. The molecule has 0 fully saturated rings.